The van der Waals surface area contributed by atoms with Crippen LogP contribution in [0.4, 0.5) is 0 Å². The summed E-state index contributed by atoms with van der Waals surface area (Å²) in [5.74, 6) is -1.59. The standard InChI is InChI=1S/C28H32N6O8S/c1-27(2,26(40)34-28(11-35,12-36)13-37)15-8-18(17-10-16(43(31,41)42)4-6-22(17)38)23(39)19(9-15)25-32-20-5-3-14(24(29)30)7-21(20)33-25/h3-10,35-39H,11-13H2,1-2H3,(H3,29,30)(H,32,33)(H,34,40)(H2,31,41,42). The summed E-state index contributed by atoms with van der Waals surface area (Å²) in [6, 6.07) is 10.9. The second-order valence-corrected chi connectivity index (χ2v) is 12.3. The first-order chi connectivity index (χ1) is 20.1. The molecule has 0 aliphatic carbocycles. The first-order valence-corrected chi connectivity index (χ1v) is 14.3. The van der Waals surface area contributed by atoms with Crippen LogP contribution < -0.4 is 16.2 Å². The van der Waals surface area contributed by atoms with Crippen molar-refractivity contribution in [2.45, 2.75) is 29.7 Å². The van der Waals surface area contributed by atoms with E-state index in [1.54, 1.807) is 18.2 Å². The van der Waals surface area contributed by atoms with E-state index in [1.165, 1.54) is 26.0 Å². The van der Waals surface area contributed by atoms with Crippen molar-refractivity contribution in [2.75, 3.05) is 19.8 Å². The second-order valence-electron chi connectivity index (χ2n) is 10.7. The van der Waals surface area contributed by atoms with E-state index < -0.39 is 58.2 Å². The highest BCUT2D eigenvalue weighted by Crippen LogP contribution is 2.44. The smallest absolute Gasteiger partial charge is 0.238 e. The molecule has 14 nitrogen and oxygen atoms in total. The number of sulfonamides is 1. The number of nitrogens with two attached hydrogens (primary N) is 2. The van der Waals surface area contributed by atoms with Crippen molar-refractivity contribution < 1.29 is 38.7 Å². The number of fused-ring (bicyclic) bond motifs is 1. The number of hydrogen-bond acceptors (Lipinski definition) is 10. The zero-order chi connectivity index (χ0) is 31.9. The molecule has 0 bridgehead atoms. The monoisotopic (exact) mass is 612 g/mol. The molecule has 0 atom stereocenters. The van der Waals surface area contributed by atoms with Gasteiger partial charge in [0, 0.05) is 16.7 Å². The number of phenols is 2. The fraction of sp³-hybridized carbons (Fsp3) is 0.250. The number of aromatic hydroxyl groups is 2. The first-order valence-electron chi connectivity index (χ1n) is 12.8. The number of amidine groups is 1. The predicted octanol–water partition coefficient (Wildman–Crippen LogP) is 0.349. The number of phenolic OH excluding ortho intramolecular Hbond substituents is 2. The Kier molecular flexibility index (Phi) is 8.23. The van der Waals surface area contributed by atoms with E-state index in [2.05, 4.69) is 15.3 Å². The van der Waals surface area contributed by atoms with Gasteiger partial charge in [0.25, 0.3) is 0 Å². The van der Waals surface area contributed by atoms with Crippen LogP contribution in [-0.2, 0) is 20.2 Å². The van der Waals surface area contributed by atoms with Crippen molar-refractivity contribution in [3.63, 3.8) is 0 Å². The Bertz CT molecular complexity index is 1840. The molecule has 0 unspecified atom stereocenters. The fourth-order valence-corrected chi connectivity index (χ4v) is 4.93. The first kappa shape index (κ1) is 31.4. The van der Waals surface area contributed by atoms with E-state index >= 15 is 0 Å². The number of carbonyl (C=O) groups excluding carboxylic acids is 1. The Labute approximate surface area is 246 Å². The van der Waals surface area contributed by atoms with E-state index in [0.717, 1.165) is 18.2 Å². The van der Waals surface area contributed by atoms with Crippen molar-refractivity contribution in [2.24, 2.45) is 10.9 Å². The average Bonchev–Trinajstić information content (AvgIpc) is 3.39. The van der Waals surface area contributed by atoms with Crippen LogP contribution in [-0.4, -0.2) is 81.0 Å². The number of H-pyrrole nitrogens is 1. The minimum Gasteiger partial charge on any atom is -0.507 e. The van der Waals surface area contributed by atoms with E-state index in [1.807, 2.05) is 0 Å². The SMILES string of the molecule is CC(C)(C(=O)NC(CO)(CO)CO)c1cc(-c2nc3ccc(C(=N)N)cc3[nH]2)c(O)c(-c2cc(S(N)(=O)=O)ccc2O)c1. The van der Waals surface area contributed by atoms with Gasteiger partial charge in [0.1, 0.15) is 28.7 Å². The molecule has 43 heavy (non-hydrogen) atoms. The number of nitrogens with one attached hydrogen (secondary N) is 3. The van der Waals surface area contributed by atoms with Gasteiger partial charge in [0.15, 0.2) is 0 Å². The summed E-state index contributed by atoms with van der Waals surface area (Å²) in [5.41, 5.74) is 3.87. The van der Waals surface area contributed by atoms with E-state index in [0.29, 0.717) is 16.6 Å². The minimum atomic E-state index is -4.21. The quantitative estimate of drug-likeness (QED) is 0.0867. The lowest BCUT2D eigenvalue weighted by Gasteiger charge is -2.34. The number of imidazole rings is 1. The van der Waals surface area contributed by atoms with Gasteiger partial charge in [0.2, 0.25) is 15.9 Å². The molecular formula is C28H32N6O8S. The van der Waals surface area contributed by atoms with Gasteiger partial charge in [-0.05, 0) is 67.9 Å². The lowest BCUT2D eigenvalue weighted by atomic mass is 9.80. The van der Waals surface area contributed by atoms with Gasteiger partial charge >= 0.3 is 0 Å². The summed E-state index contributed by atoms with van der Waals surface area (Å²) in [7, 11) is -4.21. The Morgan fingerprint density at radius 1 is 0.977 bits per heavy atom. The maximum atomic E-state index is 13.5. The molecule has 1 amide bonds. The third-order valence-corrected chi connectivity index (χ3v) is 8.23. The predicted molar refractivity (Wildman–Crippen MR) is 158 cm³/mol. The van der Waals surface area contributed by atoms with Crippen LogP contribution in [0.5, 0.6) is 11.5 Å². The Balaban J connectivity index is 1.99. The van der Waals surface area contributed by atoms with Crippen molar-refractivity contribution in [1.29, 1.82) is 5.41 Å². The van der Waals surface area contributed by atoms with Crippen LogP contribution >= 0.6 is 0 Å². The number of aliphatic hydroxyl groups is 3. The van der Waals surface area contributed by atoms with Crippen LogP contribution in [0.2, 0.25) is 0 Å². The molecule has 1 heterocycles. The molecule has 0 aliphatic heterocycles. The number of nitrogens with zero attached hydrogens (tertiary/aromatic N) is 1. The van der Waals surface area contributed by atoms with Gasteiger partial charge in [-0.1, -0.05) is 0 Å². The number of aromatic amines is 1. The number of amides is 1. The molecule has 0 saturated heterocycles. The molecule has 0 saturated carbocycles. The van der Waals surface area contributed by atoms with Crippen molar-refractivity contribution in [3.8, 4) is 34.0 Å². The maximum absolute atomic E-state index is 13.5. The molecule has 0 fully saturated rings. The molecular weight excluding hydrogens is 580 g/mol. The number of hydrogen-bond donors (Lipinski definition) is 10. The summed E-state index contributed by atoms with van der Waals surface area (Å²) in [4.78, 5) is 20.8. The zero-order valence-corrected chi connectivity index (χ0v) is 24.0. The molecule has 4 rings (SSSR count). The van der Waals surface area contributed by atoms with Gasteiger partial charge in [0.05, 0.1) is 46.7 Å². The van der Waals surface area contributed by atoms with Crippen LogP contribution in [0.25, 0.3) is 33.5 Å². The highest BCUT2D eigenvalue weighted by Gasteiger charge is 2.38. The summed E-state index contributed by atoms with van der Waals surface area (Å²) in [6.07, 6.45) is 0. The summed E-state index contributed by atoms with van der Waals surface area (Å²) < 4.78 is 24.2. The lowest BCUT2D eigenvalue weighted by Crippen LogP contribution is -2.60. The Morgan fingerprint density at radius 2 is 1.60 bits per heavy atom. The largest absolute Gasteiger partial charge is 0.507 e. The minimum absolute atomic E-state index is 0.0621. The van der Waals surface area contributed by atoms with Crippen LogP contribution in [0, 0.1) is 5.41 Å². The number of primary sulfonamides is 1. The highest BCUT2D eigenvalue weighted by molar-refractivity contribution is 7.89. The van der Waals surface area contributed by atoms with Crippen molar-refractivity contribution in [1.82, 2.24) is 15.3 Å². The Hall–Kier alpha value is -4.54. The molecule has 1 aromatic heterocycles. The topological polar surface area (TPSA) is 269 Å². The average molecular weight is 613 g/mol. The van der Waals surface area contributed by atoms with E-state index in [4.69, 9.17) is 16.3 Å². The summed E-state index contributed by atoms with van der Waals surface area (Å²) in [5, 5.41) is 66.9. The number of carbonyl (C=O) groups is 1. The molecule has 3 aromatic carbocycles. The lowest BCUT2D eigenvalue weighted by molar-refractivity contribution is -0.130. The van der Waals surface area contributed by atoms with Gasteiger partial charge < -0.3 is 41.6 Å². The molecule has 15 heteroatoms. The van der Waals surface area contributed by atoms with Gasteiger partial charge in [-0.3, -0.25) is 10.2 Å². The second kappa shape index (κ2) is 11.3. The number of rotatable bonds is 10. The summed E-state index contributed by atoms with van der Waals surface area (Å²) >= 11 is 0. The van der Waals surface area contributed by atoms with Crippen LogP contribution in [0.3, 0.4) is 0 Å². The van der Waals surface area contributed by atoms with Crippen molar-refractivity contribution >= 4 is 32.8 Å². The molecule has 12 N–H and O–H groups in total. The molecule has 4 aromatic rings. The molecule has 0 aliphatic rings. The van der Waals surface area contributed by atoms with Gasteiger partial charge in [-0.2, -0.15) is 0 Å². The number of nitrogen functional groups attached to an aromatic ring is 1. The number of aliphatic hydroxyl groups excluding tert-OH is 3. The maximum Gasteiger partial charge on any atom is 0.238 e. The number of benzene rings is 3. The number of aromatic nitrogens is 2. The molecule has 0 spiro atoms. The van der Waals surface area contributed by atoms with Crippen LogP contribution in [0.1, 0.15) is 25.0 Å². The van der Waals surface area contributed by atoms with Crippen LogP contribution in [0.15, 0.2) is 53.4 Å². The highest BCUT2D eigenvalue weighted by atomic mass is 32.2. The molecule has 0 radical (unpaired) electrons. The van der Waals surface area contributed by atoms with Gasteiger partial charge in [-0.25, -0.2) is 18.5 Å². The van der Waals surface area contributed by atoms with E-state index in [-0.39, 0.29) is 38.8 Å². The molecule has 228 valence electrons. The van der Waals surface area contributed by atoms with E-state index in [9.17, 15) is 38.7 Å². The zero-order valence-electron chi connectivity index (χ0n) is 23.2. The normalized spacial score (nSPS) is 12.4. The summed E-state index contributed by atoms with van der Waals surface area (Å²) in [6.45, 7) is 0.741. The Morgan fingerprint density at radius 3 is 2.19 bits per heavy atom. The third kappa shape index (κ3) is 5.89. The third-order valence-electron chi connectivity index (χ3n) is 7.32. The van der Waals surface area contributed by atoms with Crippen molar-refractivity contribution in [3.05, 3.63) is 59.7 Å². The fourth-order valence-electron chi connectivity index (χ4n) is 4.39. The van der Waals surface area contributed by atoms with Gasteiger partial charge in [-0.15, -0.1) is 0 Å².